The third kappa shape index (κ3) is 2.77. The number of primary amides is 1. The Bertz CT molecular complexity index is 757. The number of β-lactam (4-membered cyclic amide) rings is 1. The molecule has 0 saturated carbocycles. The number of carbonyl (C=O) groups is 2. The molecule has 1 aromatic rings. The molecule has 2 amide bonds. The van der Waals surface area contributed by atoms with E-state index in [0.29, 0.717) is 25.4 Å². The summed E-state index contributed by atoms with van der Waals surface area (Å²) < 4.78 is 0. The summed E-state index contributed by atoms with van der Waals surface area (Å²) in [6.45, 7) is 7.27. The van der Waals surface area contributed by atoms with E-state index < -0.39 is 16.9 Å². The van der Waals surface area contributed by atoms with Gasteiger partial charge in [-0.1, -0.05) is 44.2 Å². The van der Waals surface area contributed by atoms with E-state index in [1.165, 1.54) is 4.90 Å². The second-order valence-electron chi connectivity index (χ2n) is 8.22. The molecule has 1 aromatic carbocycles. The van der Waals surface area contributed by atoms with E-state index in [2.05, 4.69) is 24.8 Å². The van der Waals surface area contributed by atoms with Crippen LogP contribution in [0.3, 0.4) is 0 Å². The molecule has 0 radical (unpaired) electrons. The fraction of sp³-hybridized carbons (Fsp3) is 0.550. The fourth-order valence-electron chi connectivity index (χ4n) is 4.67. The molecule has 2 aliphatic rings. The molecule has 3 rings (SSSR count). The Morgan fingerprint density at radius 3 is 2.54 bits per heavy atom. The number of carbonyl (C=O) groups excluding carboxylic acids is 2. The molecule has 3 atom stereocenters. The maximum Gasteiger partial charge on any atom is 0.245 e. The lowest BCUT2D eigenvalue weighted by Crippen LogP contribution is -2.73. The van der Waals surface area contributed by atoms with Gasteiger partial charge in [-0.2, -0.15) is 5.26 Å². The summed E-state index contributed by atoms with van der Waals surface area (Å²) in [5.74, 6) is -0.252. The summed E-state index contributed by atoms with van der Waals surface area (Å²) >= 11 is 0. The van der Waals surface area contributed by atoms with Crippen LogP contribution in [0.15, 0.2) is 30.3 Å². The summed E-state index contributed by atoms with van der Waals surface area (Å²) in [6.07, 6.45) is 0.469. The molecule has 6 nitrogen and oxygen atoms in total. The van der Waals surface area contributed by atoms with Gasteiger partial charge in [0.25, 0.3) is 0 Å². The number of nitriles is 1. The molecular formula is C20H26N4O2. The second-order valence-corrected chi connectivity index (χ2v) is 8.22. The zero-order chi connectivity index (χ0) is 19.1. The van der Waals surface area contributed by atoms with Crippen LogP contribution < -0.4 is 5.73 Å². The molecule has 2 heterocycles. The van der Waals surface area contributed by atoms with Crippen molar-refractivity contribution in [3.8, 4) is 6.07 Å². The van der Waals surface area contributed by atoms with Gasteiger partial charge in [0, 0.05) is 13.1 Å². The van der Waals surface area contributed by atoms with Gasteiger partial charge in [0.2, 0.25) is 11.8 Å². The fourth-order valence-corrected chi connectivity index (χ4v) is 4.67. The first-order valence-electron chi connectivity index (χ1n) is 9.04. The highest BCUT2D eigenvalue weighted by Crippen LogP contribution is 2.57. The van der Waals surface area contributed by atoms with Crippen LogP contribution in [0.2, 0.25) is 0 Å². The molecule has 2 aliphatic heterocycles. The van der Waals surface area contributed by atoms with E-state index in [1.807, 2.05) is 37.3 Å². The normalized spacial score (nSPS) is 31.3. The minimum atomic E-state index is -0.718. The summed E-state index contributed by atoms with van der Waals surface area (Å²) in [4.78, 5) is 28.0. The van der Waals surface area contributed by atoms with Gasteiger partial charge < -0.3 is 10.6 Å². The van der Waals surface area contributed by atoms with Crippen molar-refractivity contribution in [1.82, 2.24) is 9.80 Å². The van der Waals surface area contributed by atoms with Gasteiger partial charge in [-0.05, 0) is 24.8 Å². The molecule has 0 aromatic heterocycles. The van der Waals surface area contributed by atoms with Crippen LogP contribution in [-0.4, -0.2) is 46.8 Å². The summed E-state index contributed by atoms with van der Waals surface area (Å²) in [7, 11) is 0. The molecular weight excluding hydrogens is 328 g/mol. The van der Waals surface area contributed by atoms with Crippen molar-refractivity contribution in [3.63, 3.8) is 0 Å². The zero-order valence-corrected chi connectivity index (χ0v) is 15.6. The molecule has 1 spiro atoms. The first-order chi connectivity index (χ1) is 12.2. The molecule has 138 valence electrons. The van der Waals surface area contributed by atoms with Crippen LogP contribution in [0.5, 0.6) is 0 Å². The lowest BCUT2D eigenvalue weighted by Gasteiger charge is -2.52. The standard InChI is InChI=1S/C20H26N4O2/c1-14(2)9-24-17(15-7-5-4-6-8-15)19(3,12-21)11-20(24)13-23(18(20)26)10-16(22)25/h4-8,14,17H,9-11,13H2,1-3H3,(H2,22,25). The van der Waals surface area contributed by atoms with Crippen LogP contribution in [0.25, 0.3) is 0 Å². The summed E-state index contributed by atoms with van der Waals surface area (Å²) in [5.41, 5.74) is 4.92. The summed E-state index contributed by atoms with van der Waals surface area (Å²) in [5, 5.41) is 9.98. The molecule has 0 aliphatic carbocycles. The Morgan fingerprint density at radius 1 is 1.38 bits per heavy atom. The van der Waals surface area contributed by atoms with Crippen LogP contribution in [-0.2, 0) is 9.59 Å². The van der Waals surface area contributed by atoms with Crippen LogP contribution >= 0.6 is 0 Å². The maximum atomic E-state index is 13.1. The first-order valence-corrected chi connectivity index (χ1v) is 9.04. The van der Waals surface area contributed by atoms with Gasteiger partial charge in [-0.3, -0.25) is 14.5 Å². The van der Waals surface area contributed by atoms with Crippen molar-refractivity contribution in [1.29, 1.82) is 5.26 Å². The lowest BCUT2D eigenvalue weighted by molar-refractivity contribution is -0.165. The van der Waals surface area contributed by atoms with Crippen LogP contribution in [0.4, 0.5) is 0 Å². The Kier molecular flexibility index (Phi) is 4.53. The van der Waals surface area contributed by atoms with E-state index in [4.69, 9.17) is 5.73 Å². The quantitative estimate of drug-likeness (QED) is 0.815. The highest BCUT2D eigenvalue weighted by atomic mass is 16.2. The number of amides is 2. The molecule has 2 fully saturated rings. The molecule has 0 bridgehead atoms. The molecule has 2 saturated heterocycles. The average molecular weight is 354 g/mol. The van der Waals surface area contributed by atoms with Gasteiger partial charge in [-0.25, -0.2) is 0 Å². The van der Waals surface area contributed by atoms with Gasteiger partial charge in [0.1, 0.15) is 5.54 Å². The van der Waals surface area contributed by atoms with Crippen molar-refractivity contribution >= 4 is 11.8 Å². The third-order valence-electron chi connectivity index (χ3n) is 5.54. The Morgan fingerprint density at radius 2 is 2.04 bits per heavy atom. The Labute approximate surface area is 154 Å². The maximum absolute atomic E-state index is 13.1. The second kappa shape index (κ2) is 6.40. The molecule has 6 heteroatoms. The number of hydrogen-bond acceptors (Lipinski definition) is 4. The van der Waals surface area contributed by atoms with Crippen molar-refractivity contribution in [2.24, 2.45) is 17.1 Å². The monoisotopic (exact) mass is 354 g/mol. The predicted octanol–water partition coefficient (Wildman–Crippen LogP) is 1.69. The highest BCUT2D eigenvalue weighted by molar-refractivity contribution is 5.96. The zero-order valence-electron chi connectivity index (χ0n) is 15.6. The first kappa shape index (κ1) is 18.4. The molecule has 3 unspecified atom stereocenters. The molecule has 2 N–H and O–H groups in total. The third-order valence-corrected chi connectivity index (χ3v) is 5.54. The predicted molar refractivity (Wildman–Crippen MR) is 97.6 cm³/mol. The summed E-state index contributed by atoms with van der Waals surface area (Å²) in [6, 6.07) is 12.3. The van der Waals surface area contributed by atoms with Crippen LogP contribution in [0, 0.1) is 22.7 Å². The van der Waals surface area contributed by atoms with Crippen molar-refractivity contribution < 1.29 is 9.59 Å². The average Bonchev–Trinajstić information content (AvgIpc) is 2.85. The van der Waals surface area contributed by atoms with E-state index >= 15 is 0 Å². The van der Waals surface area contributed by atoms with Crippen LogP contribution in [0.1, 0.15) is 38.8 Å². The van der Waals surface area contributed by atoms with E-state index in [0.717, 1.165) is 5.56 Å². The van der Waals surface area contributed by atoms with Gasteiger partial charge >= 0.3 is 0 Å². The van der Waals surface area contributed by atoms with Gasteiger partial charge in [0.05, 0.1) is 24.1 Å². The highest BCUT2D eigenvalue weighted by Gasteiger charge is 2.67. The van der Waals surface area contributed by atoms with E-state index in [-0.39, 0.29) is 18.5 Å². The smallest absolute Gasteiger partial charge is 0.245 e. The number of rotatable bonds is 5. The van der Waals surface area contributed by atoms with E-state index in [9.17, 15) is 14.9 Å². The van der Waals surface area contributed by atoms with Gasteiger partial charge in [-0.15, -0.1) is 0 Å². The van der Waals surface area contributed by atoms with E-state index in [1.54, 1.807) is 0 Å². The largest absolute Gasteiger partial charge is 0.368 e. The minimum absolute atomic E-state index is 0.0601. The number of likely N-dealkylation sites (tertiary alicyclic amines) is 2. The number of hydrogen-bond donors (Lipinski definition) is 1. The van der Waals surface area contributed by atoms with Crippen molar-refractivity contribution in [3.05, 3.63) is 35.9 Å². The molecule has 26 heavy (non-hydrogen) atoms. The lowest BCUT2D eigenvalue weighted by atomic mass is 9.75. The Hall–Kier alpha value is -2.39. The Balaban J connectivity index is 2.03. The minimum Gasteiger partial charge on any atom is -0.368 e. The van der Waals surface area contributed by atoms with Gasteiger partial charge in [0.15, 0.2) is 0 Å². The topological polar surface area (TPSA) is 90.4 Å². The number of nitrogens with two attached hydrogens (primary N) is 1. The van der Waals surface area contributed by atoms with Crippen molar-refractivity contribution in [2.75, 3.05) is 19.6 Å². The van der Waals surface area contributed by atoms with Crippen molar-refractivity contribution in [2.45, 2.75) is 38.8 Å². The number of benzene rings is 1. The number of nitrogens with zero attached hydrogens (tertiary/aromatic N) is 3. The SMILES string of the molecule is CC(C)CN1C(c2ccccc2)C(C)(C#N)CC12CN(CC(N)=O)C2=O.